The van der Waals surface area contributed by atoms with Gasteiger partial charge in [0.1, 0.15) is 5.82 Å². The van der Waals surface area contributed by atoms with Gasteiger partial charge in [-0.3, -0.25) is 9.69 Å². The van der Waals surface area contributed by atoms with Crippen molar-refractivity contribution in [1.29, 1.82) is 0 Å². The van der Waals surface area contributed by atoms with Crippen LogP contribution in [0.25, 0.3) is 0 Å². The summed E-state index contributed by atoms with van der Waals surface area (Å²) in [5.74, 6) is 1.68. The van der Waals surface area contributed by atoms with Gasteiger partial charge in [-0.05, 0) is 13.3 Å². The highest BCUT2D eigenvalue weighted by atomic mass is 127. The van der Waals surface area contributed by atoms with E-state index in [-0.39, 0.29) is 9.83 Å². The van der Waals surface area contributed by atoms with Crippen LogP contribution in [-0.4, -0.2) is 26.4 Å². The average Bonchev–Trinajstić information content (AvgIpc) is 2.41. The minimum Gasteiger partial charge on any atom is -0.313 e. The summed E-state index contributed by atoms with van der Waals surface area (Å²) in [7, 11) is 1.75. The minimum atomic E-state index is 0.0166. The average molecular weight is 340 g/mol. The molecule has 1 amide bonds. The van der Waals surface area contributed by atoms with Gasteiger partial charge < -0.3 is 4.57 Å². The van der Waals surface area contributed by atoms with E-state index in [1.165, 1.54) is 0 Å². The van der Waals surface area contributed by atoms with Gasteiger partial charge in [-0.2, -0.15) is 0 Å². The molecule has 1 aliphatic heterocycles. The maximum atomic E-state index is 11.9. The van der Waals surface area contributed by atoms with Crippen LogP contribution in [0.4, 0.5) is 5.82 Å². The number of hydrogen-bond donors (Lipinski definition) is 0. The fourth-order valence-electron chi connectivity index (χ4n) is 1.78. The summed E-state index contributed by atoms with van der Waals surface area (Å²) in [6.07, 6.45) is 0.824. The maximum absolute atomic E-state index is 11.9. The Morgan fingerprint density at radius 2 is 2.27 bits per heavy atom. The number of fused-ring (bicyclic) bond motifs is 1. The Balaban J connectivity index is 2.54. The molecule has 4 nitrogen and oxygen atoms in total. The topological polar surface area (TPSA) is 38.1 Å². The number of imidazole rings is 1. The van der Waals surface area contributed by atoms with Crippen LogP contribution < -0.4 is 4.90 Å². The van der Waals surface area contributed by atoms with E-state index in [1.54, 1.807) is 11.9 Å². The van der Waals surface area contributed by atoms with Gasteiger partial charge in [-0.1, -0.05) is 34.2 Å². The highest BCUT2D eigenvalue weighted by Crippen LogP contribution is 2.31. The van der Waals surface area contributed by atoms with Crippen LogP contribution in [0.5, 0.6) is 0 Å². The largest absolute Gasteiger partial charge is 0.313 e. The molecule has 0 bridgehead atoms. The zero-order chi connectivity index (χ0) is 11.2. The van der Waals surface area contributed by atoms with Gasteiger partial charge in [0.2, 0.25) is 5.91 Å². The standard InChI is InChI=1S/C9H11ClIN3O/c1-5-12-7(10)8-13(2)9(15)6(11)3-4-14(5)8/h6H,3-4H2,1-2H3. The van der Waals surface area contributed by atoms with Crippen molar-refractivity contribution in [3.8, 4) is 0 Å². The molecular weight excluding hydrogens is 328 g/mol. The fraction of sp³-hybridized carbons (Fsp3) is 0.556. The van der Waals surface area contributed by atoms with Crippen LogP contribution in [0.3, 0.4) is 0 Å². The molecule has 0 aliphatic carbocycles. The lowest BCUT2D eigenvalue weighted by atomic mass is 10.3. The van der Waals surface area contributed by atoms with E-state index in [4.69, 9.17) is 11.6 Å². The number of nitrogens with zero attached hydrogens (tertiary/aromatic N) is 3. The molecule has 1 aliphatic rings. The van der Waals surface area contributed by atoms with Gasteiger partial charge in [0, 0.05) is 13.6 Å². The summed E-state index contributed by atoms with van der Waals surface area (Å²) < 4.78 is 2.02. The number of amides is 1. The zero-order valence-corrected chi connectivity index (χ0v) is 11.4. The first-order valence-corrected chi connectivity index (χ1v) is 6.29. The Bertz CT molecular complexity index is 418. The molecule has 0 fully saturated rings. The number of carbonyl (C=O) groups excluding carboxylic acids is 1. The maximum Gasteiger partial charge on any atom is 0.240 e. The molecule has 1 aromatic rings. The van der Waals surface area contributed by atoms with Crippen molar-refractivity contribution in [3.05, 3.63) is 11.0 Å². The van der Waals surface area contributed by atoms with Crippen molar-refractivity contribution < 1.29 is 4.79 Å². The van der Waals surface area contributed by atoms with Gasteiger partial charge in [0.05, 0.1) is 3.92 Å². The lowest BCUT2D eigenvalue weighted by Crippen LogP contribution is -2.32. The quantitative estimate of drug-likeness (QED) is 0.536. The predicted octanol–water partition coefficient (Wildman–Crippen LogP) is 2.02. The second-order valence-electron chi connectivity index (χ2n) is 3.58. The highest BCUT2D eigenvalue weighted by molar-refractivity contribution is 14.1. The Morgan fingerprint density at radius 1 is 1.60 bits per heavy atom. The Kier molecular flexibility index (Phi) is 2.94. The third kappa shape index (κ3) is 1.75. The van der Waals surface area contributed by atoms with Crippen molar-refractivity contribution in [3.63, 3.8) is 0 Å². The zero-order valence-electron chi connectivity index (χ0n) is 8.50. The van der Waals surface area contributed by atoms with E-state index in [1.807, 2.05) is 11.5 Å². The molecule has 1 unspecified atom stereocenters. The molecule has 82 valence electrons. The summed E-state index contributed by atoms with van der Waals surface area (Å²) in [6, 6.07) is 0. The third-order valence-electron chi connectivity index (χ3n) is 2.61. The van der Waals surface area contributed by atoms with Crippen LogP contribution in [-0.2, 0) is 11.3 Å². The monoisotopic (exact) mass is 339 g/mol. The molecular formula is C9H11ClIN3O. The minimum absolute atomic E-state index is 0.0166. The van der Waals surface area contributed by atoms with E-state index < -0.39 is 0 Å². The number of anilines is 1. The molecule has 6 heteroatoms. The molecule has 2 rings (SSSR count). The summed E-state index contributed by atoms with van der Waals surface area (Å²) in [5, 5.41) is 0.411. The first kappa shape index (κ1) is 11.2. The SMILES string of the molecule is Cc1nc(Cl)c2n1CCC(I)C(=O)N2C. The van der Waals surface area contributed by atoms with Crippen LogP contribution in [0.1, 0.15) is 12.2 Å². The Labute approximate surface area is 107 Å². The van der Waals surface area contributed by atoms with Crippen molar-refractivity contribution in [1.82, 2.24) is 9.55 Å². The number of alkyl halides is 1. The van der Waals surface area contributed by atoms with Crippen LogP contribution in [0, 0.1) is 6.92 Å². The number of carbonyl (C=O) groups is 1. The van der Waals surface area contributed by atoms with E-state index in [0.717, 1.165) is 24.6 Å². The molecule has 0 N–H and O–H groups in total. The molecule has 1 aromatic heterocycles. The molecule has 0 spiro atoms. The van der Waals surface area contributed by atoms with Gasteiger partial charge in [-0.25, -0.2) is 4.98 Å². The van der Waals surface area contributed by atoms with Gasteiger partial charge in [0.25, 0.3) is 0 Å². The number of aryl methyl sites for hydroxylation is 1. The molecule has 1 atom stereocenters. The predicted molar refractivity (Wildman–Crippen MR) is 67.8 cm³/mol. The third-order valence-corrected chi connectivity index (χ3v) is 4.02. The molecule has 0 radical (unpaired) electrons. The normalized spacial score (nSPS) is 21.5. The summed E-state index contributed by atoms with van der Waals surface area (Å²) >= 11 is 8.19. The van der Waals surface area contributed by atoms with E-state index >= 15 is 0 Å². The summed E-state index contributed by atoms with van der Waals surface area (Å²) in [5.41, 5.74) is 0. The molecule has 0 saturated heterocycles. The number of halogens is 2. The van der Waals surface area contributed by atoms with Gasteiger partial charge >= 0.3 is 0 Å². The van der Waals surface area contributed by atoms with Crippen LogP contribution in [0.2, 0.25) is 5.15 Å². The van der Waals surface area contributed by atoms with Crippen LogP contribution >= 0.6 is 34.2 Å². The summed E-state index contributed by atoms with van der Waals surface area (Å²) in [6.45, 7) is 2.70. The molecule has 15 heavy (non-hydrogen) atoms. The van der Waals surface area contributed by atoms with E-state index in [2.05, 4.69) is 27.6 Å². The smallest absolute Gasteiger partial charge is 0.240 e. The molecule has 0 aromatic carbocycles. The van der Waals surface area contributed by atoms with Gasteiger partial charge in [0.15, 0.2) is 11.0 Å². The van der Waals surface area contributed by atoms with Crippen LogP contribution in [0.15, 0.2) is 0 Å². The highest BCUT2D eigenvalue weighted by Gasteiger charge is 2.29. The molecule has 2 heterocycles. The van der Waals surface area contributed by atoms with Crippen molar-refractivity contribution >= 4 is 45.9 Å². The number of hydrogen-bond acceptors (Lipinski definition) is 2. The van der Waals surface area contributed by atoms with E-state index in [9.17, 15) is 4.79 Å². The second kappa shape index (κ2) is 3.93. The Morgan fingerprint density at radius 3 is 2.93 bits per heavy atom. The lowest BCUT2D eigenvalue weighted by molar-refractivity contribution is -0.117. The number of aromatic nitrogens is 2. The first-order chi connectivity index (χ1) is 7.02. The fourth-order valence-corrected chi connectivity index (χ4v) is 2.83. The van der Waals surface area contributed by atoms with Crippen molar-refractivity contribution in [2.75, 3.05) is 11.9 Å². The van der Waals surface area contributed by atoms with Gasteiger partial charge in [-0.15, -0.1) is 0 Å². The van der Waals surface area contributed by atoms with E-state index in [0.29, 0.717) is 5.15 Å². The lowest BCUT2D eigenvalue weighted by Gasteiger charge is -2.16. The van der Waals surface area contributed by atoms with Crippen molar-refractivity contribution in [2.24, 2.45) is 0 Å². The second-order valence-corrected chi connectivity index (χ2v) is 5.44. The van der Waals surface area contributed by atoms with Crippen molar-refractivity contribution in [2.45, 2.75) is 23.8 Å². The summed E-state index contributed by atoms with van der Waals surface area (Å²) in [4.78, 5) is 17.7. The molecule has 0 saturated carbocycles. The number of rotatable bonds is 0. The first-order valence-electron chi connectivity index (χ1n) is 4.66. The Hall–Kier alpha value is -0.300.